The maximum Gasteiger partial charge on any atom is 0.266 e. The minimum Gasteiger partial charge on any atom is -0.493 e. The number of aliphatic imine (C=N–C) groups is 1. The van der Waals surface area contributed by atoms with Crippen molar-refractivity contribution in [1.82, 2.24) is 4.90 Å². The van der Waals surface area contributed by atoms with Crippen molar-refractivity contribution in [1.29, 1.82) is 5.26 Å². The Bertz CT molecular complexity index is 1060. The van der Waals surface area contributed by atoms with Crippen molar-refractivity contribution < 1.29 is 14.3 Å². The van der Waals surface area contributed by atoms with Gasteiger partial charge in [-0.2, -0.15) is 5.26 Å². The van der Waals surface area contributed by atoms with Crippen LogP contribution in [0, 0.1) is 11.3 Å². The lowest BCUT2D eigenvalue weighted by Gasteiger charge is -2.13. The highest BCUT2D eigenvalue weighted by atomic mass is 79.9. The Morgan fingerprint density at radius 2 is 2.07 bits per heavy atom. The van der Waals surface area contributed by atoms with Gasteiger partial charge in [0.2, 0.25) is 0 Å². The van der Waals surface area contributed by atoms with Crippen molar-refractivity contribution in [3.05, 3.63) is 62.5 Å². The van der Waals surface area contributed by atoms with Gasteiger partial charge in [-0.15, -0.1) is 0 Å². The van der Waals surface area contributed by atoms with Gasteiger partial charge < -0.3 is 9.47 Å². The molecule has 1 heterocycles. The number of carbonyl (C=O) groups is 1. The van der Waals surface area contributed by atoms with Crippen molar-refractivity contribution in [2.75, 3.05) is 21.2 Å². The van der Waals surface area contributed by atoms with Gasteiger partial charge in [0, 0.05) is 24.1 Å². The van der Waals surface area contributed by atoms with Crippen molar-refractivity contribution in [3.8, 4) is 17.6 Å². The molecule has 148 valence electrons. The highest BCUT2D eigenvalue weighted by molar-refractivity contribution is 9.10. The number of methoxy groups -OCH3 is 1. The zero-order valence-electron chi connectivity index (χ0n) is 16.1. The average Bonchev–Trinajstić information content (AvgIpc) is 3.01. The van der Waals surface area contributed by atoms with E-state index in [1.165, 1.54) is 16.7 Å². The highest BCUT2D eigenvalue weighted by Crippen LogP contribution is 2.38. The van der Waals surface area contributed by atoms with Crippen LogP contribution in [0.1, 0.15) is 16.7 Å². The van der Waals surface area contributed by atoms with Crippen LogP contribution < -0.4 is 9.47 Å². The SMILES string of the molecule is CN=C1S/C(=C/c2cc(OC)c(OCc3ccccc3C#N)cc2Br)C(=O)N1C. The normalized spacial score (nSPS) is 16.4. The lowest BCUT2D eigenvalue weighted by atomic mass is 10.1. The number of halogens is 1. The summed E-state index contributed by atoms with van der Waals surface area (Å²) in [4.78, 5) is 18.6. The summed E-state index contributed by atoms with van der Waals surface area (Å²) in [6.45, 7) is 0.239. The van der Waals surface area contributed by atoms with E-state index in [0.717, 1.165) is 15.6 Å². The molecule has 0 atom stereocenters. The molecule has 0 unspecified atom stereocenters. The number of nitriles is 1. The van der Waals surface area contributed by atoms with Gasteiger partial charge in [-0.25, -0.2) is 0 Å². The fraction of sp³-hybridized carbons (Fsp3) is 0.190. The van der Waals surface area contributed by atoms with E-state index in [-0.39, 0.29) is 12.5 Å². The molecule has 6 nitrogen and oxygen atoms in total. The van der Waals surface area contributed by atoms with Crippen LogP contribution in [0.4, 0.5) is 0 Å². The third-order valence-electron chi connectivity index (χ3n) is 4.29. The number of hydrogen-bond acceptors (Lipinski definition) is 6. The molecule has 2 aromatic rings. The van der Waals surface area contributed by atoms with Gasteiger partial charge in [-0.3, -0.25) is 14.7 Å². The van der Waals surface area contributed by atoms with Gasteiger partial charge in [-0.05, 0) is 41.6 Å². The van der Waals surface area contributed by atoms with Crippen LogP contribution in [0.2, 0.25) is 0 Å². The number of carbonyl (C=O) groups excluding carboxylic acids is 1. The van der Waals surface area contributed by atoms with Crippen LogP contribution in [0.5, 0.6) is 11.5 Å². The van der Waals surface area contributed by atoms with E-state index in [4.69, 9.17) is 9.47 Å². The first kappa shape index (κ1) is 21.0. The standard InChI is InChI=1S/C21H18BrN3O3S/c1-24-21-25(2)20(26)19(29-21)9-15-8-17(27-3)18(10-16(15)22)28-12-14-7-5-4-6-13(14)11-23/h4-10H,12H2,1-3H3/b19-9+,24-21?. The number of amides is 1. The Labute approximate surface area is 182 Å². The molecule has 8 heteroatoms. The number of rotatable bonds is 5. The lowest BCUT2D eigenvalue weighted by Crippen LogP contribution is -2.23. The topological polar surface area (TPSA) is 74.9 Å². The molecule has 1 fully saturated rings. The summed E-state index contributed by atoms with van der Waals surface area (Å²) in [5, 5.41) is 9.88. The average molecular weight is 472 g/mol. The van der Waals surface area contributed by atoms with Crippen LogP contribution in [0.15, 0.2) is 50.8 Å². The molecular weight excluding hydrogens is 454 g/mol. The molecule has 0 N–H and O–H groups in total. The summed E-state index contributed by atoms with van der Waals surface area (Å²) in [6.07, 6.45) is 1.79. The molecule has 0 aliphatic carbocycles. The fourth-order valence-electron chi connectivity index (χ4n) is 2.74. The Balaban J connectivity index is 1.88. The second kappa shape index (κ2) is 9.16. The van der Waals surface area contributed by atoms with Crippen molar-refractivity contribution in [2.45, 2.75) is 6.61 Å². The molecule has 1 saturated heterocycles. The smallest absolute Gasteiger partial charge is 0.266 e. The lowest BCUT2D eigenvalue weighted by molar-refractivity contribution is -0.121. The molecule has 1 amide bonds. The summed E-state index contributed by atoms with van der Waals surface area (Å²) < 4.78 is 12.1. The number of hydrogen-bond donors (Lipinski definition) is 0. The number of likely N-dealkylation sites (N-methyl/N-ethyl adjacent to an activating group) is 1. The van der Waals surface area contributed by atoms with Gasteiger partial charge >= 0.3 is 0 Å². The molecular formula is C21H18BrN3O3S. The van der Waals surface area contributed by atoms with Gasteiger partial charge in [0.05, 0.1) is 23.6 Å². The van der Waals surface area contributed by atoms with E-state index in [0.29, 0.717) is 27.1 Å². The van der Waals surface area contributed by atoms with Gasteiger partial charge in [0.15, 0.2) is 16.7 Å². The molecule has 0 radical (unpaired) electrons. The molecule has 0 bridgehead atoms. The summed E-state index contributed by atoms with van der Waals surface area (Å²) in [5.41, 5.74) is 2.15. The predicted molar refractivity (Wildman–Crippen MR) is 118 cm³/mol. The molecule has 0 saturated carbocycles. The predicted octanol–water partition coefficient (Wildman–Crippen LogP) is 4.44. The number of thioether (sulfide) groups is 1. The molecule has 0 aromatic heterocycles. The molecule has 0 spiro atoms. The van der Waals surface area contributed by atoms with Crippen molar-refractivity contribution in [3.63, 3.8) is 0 Å². The first-order valence-electron chi connectivity index (χ1n) is 8.61. The first-order chi connectivity index (χ1) is 14.0. The van der Waals surface area contributed by atoms with E-state index in [1.54, 1.807) is 45.5 Å². The minimum atomic E-state index is -0.102. The van der Waals surface area contributed by atoms with Gasteiger partial charge in [-0.1, -0.05) is 34.1 Å². The second-order valence-corrected chi connectivity index (χ2v) is 7.93. The molecule has 2 aromatic carbocycles. The molecule has 3 rings (SSSR count). The second-order valence-electron chi connectivity index (χ2n) is 6.06. The monoisotopic (exact) mass is 471 g/mol. The maximum atomic E-state index is 12.4. The largest absolute Gasteiger partial charge is 0.493 e. The maximum absolute atomic E-state index is 12.4. The zero-order valence-corrected chi connectivity index (χ0v) is 18.5. The summed E-state index contributed by atoms with van der Waals surface area (Å²) >= 11 is 4.87. The van der Waals surface area contributed by atoms with Gasteiger partial charge in [0.1, 0.15) is 6.61 Å². The van der Waals surface area contributed by atoms with Gasteiger partial charge in [0.25, 0.3) is 5.91 Å². The van der Waals surface area contributed by atoms with Crippen molar-refractivity contribution >= 4 is 44.8 Å². The third-order valence-corrected chi connectivity index (χ3v) is 6.12. The summed E-state index contributed by atoms with van der Waals surface area (Å²) in [6, 6.07) is 13.0. The van der Waals surface area contributed by atoms with E-state index in [2.05, 4.69) is 27.0 Å². The van der Waals surface area contributed by atoms with Crippen LogP contribution >= 0.6 is 27.7 Å². The Hall–Kier alpha value is -2.76. The Morgan fingerprint density at radius 3 is 2.72 bits per heavy atom. The van der Waals surface area contributed by atoms with E-state index >= 15 is 0 Å². The zero-order chi connectivity index (χ0) is 21.0. The number of ether oxygens (including phenoxy) is 2. The molecule has 1 aliphatic heterocycles. The summed E-state index contributed by atoms with van der Waals surface area (Å²) in [7, 11) is 4.91. The van der Waals surface area contributed by atoms with Crippen molar-refractivity contribution in [2.24, 2.45) is 4.99 Å². The van der Waals surface area contributed by atoms with E-state index in [1.807, 2.05) is 18.2 Å². The van der Waals surface area contributed by atoms with Crippen LogP contribution in [-0.4, -0.2) is 37.2 Å². The number of nitrogens with zero attached hydrogens (tertiary/aromatic N) is 3. The van der Waals surface area contributed by atoms with Crippen LogP contribution in [-0.2, 0) is 11.4 Å². The fourth-order valence-corrected chi connectivity index (χ4v) is 4.09. The quantitative estimate of drug-likeness (QED) is 0.602. The molecule has 1 aliphatic rings. The van der Waals surface area contributed by atoms with E-state index < -0.39 is 0 Å². The molecule has 29 heavy (non-hydrogen) atoms. The first-order valence-corrected chi connectivity index (χ1v) is 10.2. The minimum absolute atomic E-state index is 0.102. The number of benzene rings is 2. The Morgan fingerprint density at radius 1 is 1.31 bits per heavy atom. The van der Waals surface area contributed by atoms with E-state index in [9.17, 15) is 10.1 Å². The van der Waals surface area contributed by atoms with Crippen LogP contribution in [0.3, 0.4) is 0 Å². The number of amidine groups is 1. The van der Waals surface area contributed by atoms with Crippen LogP contribution in [0.25, 0.3) is 6.08 Å². The Kier molecular flexibility index (Phi) is 6.62. The summed E-state index contributed by atoms with van der Waals surface area (Å²) in [5.74, 6) is 0.963. The third kappa shape index (κ3) is 4.47. The highest BCUT2D eigenvalue weighted by Gasteiger charge is 2.30.